The van der Waals surface area contributed by atoms with Crippen LogP contribution in [0.5, 0.6) is 5.75 Å². The molecule has 18 heavy (non-hydrogen) atoms. The molecule has 0 aromatic heterocycles. The van der Waals surface area contributed by atoms with Crippen LogP contribution in [-0.2, 0) is 0 Å². The Labute approximate surface area is 108 Å². The van der Waals surface area contributed by atoms with Crippen LogP contribution in [-0.4, -0.2) is 41.6 Å². The summed E-state index contributed by atoms with van der Waals surface area (Å²) < 4.78 is 0. The lowest BCUT2D eigenvalue weighted by Crippen LogP contribution is -2.42. The summed E-state index contributed by atoms with van der Waals surface area (Å²) in [6.45, 7) is 4.68. The van der Waals surface area contributed by atoms with Crippen LogP contribution in [0.15, 0.2) is 24.3 Å². The third-order valence-electron chi connectivity index (χ3n) is 3.29. The Morgan fingerprint density at radius 1 is 1.56 bits per heavy atom. The molecule has 1 aromatic rings. The highest BCUT2D eigenvalue weighted by atomic mass is 16.3. The van der Waals surface area contributed by atoms with Gasteiger partial charge in [0, 0.05) is 24.7 Å². The van der Waals surface area contributed by atoms with E-state index >= 15 is 0 Å². The van der Waals surface area contributed by atoms with Gasteiger partial charge in [-0.25, -0.2) is 0 Å². The van der Waals surface area contributed by atoms with Crippen molar-refractivity contribution in [2.45, 2.75) is 25.8 Å². The SMILES string of the molecule is CCCN(C(=O)c1cccc(O)c1)C1CCNC1. The minimum absolute atomic E-state index is 0.0152. The number of phenols is 1. The maximum absolute atomic E-state index is 12.5. The van der Waals surface area contributed by atoms with Crippen LogP contribution in [0, 0.1) is 0 Å². The monoisotopic (exact) mass is 248 g/mol. The number of nitrogens with one attached hydrogen (secondary N) is 1. The van der Waals surface area contributed by atoms with Crippen LogP contribution in [0.4, 0.5) is 0 Å². The Morgan fingerprint density at radius 2 is 2.39 bits per heavy atom. The largest absolute Gasteiger partial charge is 0.508 e. The first-order chi connectivity index (χ1) is 8.72. The lowest BCUT2D eigenvalue weighted by Gasteiger charge is -2.28. The number of carbonyl (C=O) groups is 1. The highest BCUT2D eigenvalue weighted by molar-refractivity contribution is 5.94. The zero-order valence-electron chi connectivity index (χ0n) is 10.7. The number of amides is 1. The predicted octanol–water partition coefficient (Wildman–Crippen LogP) is 1.61. The topological polar surface area (TPSA) is 52.6 Å². The standard InChI is InChI=1S/C14H20N2O2/c1-2-8-16(12-6-7-15-10-12)14(18)11-4-3-5-13(17)9-11/h3-5,9,12,15,17H,2,6-8,10H2,1H3. The summed E-state index contributed by atoms with van der Waals surface area (Å²) in [5.74, 6) is 0.156. The molecule has 98 valence electrons. The normalized spacial score (nSPS) is 18.8. The second-order valence-electron chi connectivity index (χ2n) is 4.70. The zero-order valence-corrected chi connectivity index (χ0v) is 10.7. The van der Waals surface area contributed by atoms with Gasteiger partial charge in [0.2, 0.25) is 0 Å². The first-order valence-corrected chi connectivity index (χ1v) is 6.53. The summed E-state index contributed by atoms with van der Waals surface area (Å²) in [6, 6.07) is 6.86. The van der Waals surface area contributed by atoms with Gasteiger partial charge in [0.25, 0.3) is 5.91 Å². The van der Waals surface area contributed by atoms with E-state index in [2.05, 4.69) is 12.2 Å². The van der Waals surface area contributed by atoms with Crippen molar-refractivity contribution in [3.05, 3.63) is 29.8 Å². The summed E-state index contributed by atoms with van der Waals surface area (Å²) in [5, 5.41) is 12.7. The van der Waals surface area contributed by atoms with Gasteiger partial charge in [0.15, 0.2) is 0 Å². The van der Waals surface area contributed by atoms with E-state index in [9.17, 15) is 9.90 Å². The van der Waals surface area contributed by atoms with Gasteiger partial charge in [-0.1, -0.05) is 13.0 Å². The van der Waals surface area contributed by atoms with Crippen LogP contribution in [0.25, 0.3) is 0 Å². The van der Waals surface area contributed by atoms with E-state index in [1.165, 1.54) is 6.07 Å². The molecule has 0 bridgehead atoms. The van der Waals surface area contributed by atoms with E-state index < -0.39 is 0 Å². The van der Waals surface area contributed by atoms with Gasteiger partial charge in [-0.2, -0.15) is 0 Å². The van der Waals surface area contributed by atoms with Crippen molar-refractivity contribution in [1.29, 1.82) is 0 Å². The molecule has 1 heterocycles. The predicted molar refractivity (Wildman–Crippen MR) is 70.7 cm³/mol. The molecule has 1 aliphatic heterocycles. The molecule has 1 amide bonds. The number of aromatic hydroxyl groups is 1. The second-order valence-corrected chi connectivity index (χ2v) is 4.70. The van der Waals surface area contributed by atoms with Crippen molar-refractivity contribution < 1.29 is 9.90 Å². The molecule has 2 rings (SSSR count). The molecule has 2 N–H and O–H groups in total. The molecule has 1 aliphatic rings. The highest BCUT2D eigenvalue weighted by Crippen LogP contribution is 2.17. The molecule has 4 heteroatoms. The third kappa shape index (κ3) is 2.82. The van der Waals surface area contributed by atoms with Crippen molar-refractivity contribution >= 4 is 5.91 Å². The van der Waals surface area contributed by atoms with E-state index in [4.69, 9.17) is 0 Å². The quantitative estimate of drug-likeness (QED) is 0.851. The van der Waals surface area contributed by atoms with E-state index in [0.29, 0.717) is 5.56 Å². The molecule has 1 fully saturated rings. The summed E-state index contributed by atoms with van der Waals surface area (Å²) in [7, 11) is 0. The number of rotatable bonds is 4. The maximum Gasteiger partial charge on any atom is 0.254 e. The number of hydrogen-bond donors (Lipinski definition) is 2. The van der Waals surface area contributed by atoms with E-state index in [1.807, 2.05) is 4.90 Å². The lowest BCUT2D eigenvalue weighted by atomic mass is 10.1. The van der Waals surface area contributed by atoms with E-state index in [-0.39, 0.29) is 17.7 Å². The number of carbonyl (C=O) groups excluding carboxylic acids is 1. The molecule has 0 aliphatic carbocycles. The Morgan fingerprint density at radius 3 is 3.00 bits per heavy atom. The molecule has 1 aromatic carbocycles. The van der Waals surface area contributed by atoms with Crippen molar-refractivity contribution in [3.8, 4) is 5.75 Å². The highest BCUT2D eigenvalue weighted by Gasteiger charge is 2.26. The summed E-state index contributed by atoms with van der Waals surface area (Å²) in [4.78, 5) is 14.4. The zero-order chi connectivity index (χ0) is 13.0. The second kappa shape index (κ2) is 5.87. The molecule has 0 spiro atoms. The third-order valence-corrected chi connectivity index (χ3v) is 3.29. The number of phenolic OH excluding ortho intramolecular Hbond substituents is 1. The summed E-state index contributed by atoms with van der Waals surface area (Å²) in [6.07, 6.45) is 1.95. The van der Waals surface area contributed by atoms with Gasteiger partial charge >= 0.3 is 0 Å². The van der Waals surface area contributed by atoms with Gasteiger partial charge in [0.1, 0.15) is 5.75 Å². The molecule has 4 nitrogen and oxygen atoms in total. The molecule has 0 saturated carbocycles. The fourth-order valence-corrected chi connectivity index (χ4v) is 2.40. The Hall–Kier alpha value is -1.55. The van der Waals surface area contributed by atoms with Gasteiger partial charge in [-0.3, -0.25) is 4.79 Å². The smallest absolute Gasteiger partial charge is 0.254 e. The van der Waals surface area contributed by atoms with Crippen LogP contribution in [0.3, 0.4) is 0 Å². The minimum Gasteiger partial charge on any atom is -0.508 e. The number of hydrogen-bond acceptors (Lipinski definition) is 3. The number of nitrogens with zero attached hydrogens (tertiary/aromatic N) is 1. The average molecular weight is 248 g/mol. The van der Waals surface area contributed by atoms with Crippen molar-refractivity contribution in [2.75, 3.05) is 19.6 Å². The molecule has 1 atom stereocenters. The van der Waals surface area contributed by atoms with Crippen molar-refractivity contribution in [2.24, 2.45) is 0 Å². The molecule has 1 saturated heterocycles. The fourth-order valence-electron chi connectivity index (χ4n) is 2.40. The molecule has 1 unspecified atom stereocenters. The molecular formula is C14H20N2O2. The van der Waals surface area contributed by atoms with Gasteiger partial charge in [-0.05, 0) is 37.6 Å². The van der Waals surface area contributed by atoms with Crippen molar-refractivity contribution in [1.82, 2.24) is 10.2 Å². The van der Waals surface area contributed by atoms with Crippen LogP contribution < -0.4 is 5.32 Å². The molecule has 0 radical (unpaired) electrons. The average Bonchev–Trinajstić information content (AvgIpc) is 2.89. The summed E-state index contributed by atoms with van der Waals surface area (Å²) >= 11 is 0. The van der Waals surface area contributed by atoms with Crippen molar-refractivity contribution in [3.63, 3.8) is 0 Å². The number of benzene rings is 1. The van der Waals surface area contributed by atoms with Crippen LogP contribution in [0.2, 0.25) is 0 Å². The van der Waals surface area contributed by atoms with E-state index in [0.717, 1.165) is 32.5 Å². The first-order valence-electron chi connectivity index (χ1n) is 6.53. The Balaban J connectivity index is 2.17. The Kier molecular flexibility index (Phi) is 4.20. The minimum atomic E-state index is 0.0152. The maximum atomic E-state index is 12.5. The summed E-state index contributed by atoms with van der Waals surface area (Å²) in [5.41, 5.74) is 0.565. The van der Waals surface area contributed by atoms with Crippen LogP contribution in [0.1, 0.15) is 30.1 Å². The Bertz CT molecular complexity index is 414. The lowest BCUT2D eigenvalue weighted by molar-refractivity contribution is 0.0692. The van der Waals surface area contributed by atoms with E-state index in [1.54, 1.807) is 18.2 Å². The fraction of sp³-hybridized carbons (Fsp3) is 0.500. The van der Waals surface area contributed by atoms with Gasteiger partial charge in [0.05, 0.1) is 0 Å². The first kappa shape index (κ1) is 12.9. The van der Waals surface area contributed by atoms with Crippen LogP contribution >= 0.6 is 0 Å². The van der Waals surface area contributed by atoms with Gasteiger partial charge in [-0.15, -0.1) is 0 Å². The van der Waals surface area contributed by atoms with Gasteiger partial charge < -0.3 is 15.3 Å². The molecular weight excluding hydrogens is 228 g/mol.